The summed E-state index contributed by atoms with van der Waals surface area (Å²) in [7, 11) is 0. The van der Waals surface area contributed by atoms with Crippen LogP contribution in [-0.2, 0) is 71.2 Å². The van der Waals surface area contributed by atoms with Crippen LogP contribution in [0.1, 0.15) is 40.0 Å². The van der Waals surface area contributed by atoms with E-state index in [-0.39, 0.29) is 70.0 Å². The number of carbonyl (C=O) groups is 3. The zero-order valence-corrected chi connectivity index (χ0v) is 33.2. The Morgan fingerprint density at radius 2 is 0.630 bits per heavy atom. The van der Waals surface area contributed by atoms with Gasteiger partial charge in [0.25, 0.3) is 0 Å². The molecule has 0 saturated heterocycles. The van der Waals surface area contributed by atoms with Gasteiger partial charge in [0.05, 0.1) is 145 Å². The predicted octanol–water partition coefficient (Wildman–Crippen LogP) is 0.133. The summed E-state index contributed by atoms with van der Waals surface area (Å²) in [4.78, 5) is 37.0. The maximum atomic E-state index is 12.6. The Bertz CT molecular complexity index is 788. The van der Waals surface area contributed by atoms with Crippen LogP contribution in [0.4, 0.5) is 0 Å². The molecule has 0 radical (unpaired) electrons. The van der Waals surface area contributed by atoms with Gasteiger partial charge in [-0.1, -0.05) is 0 Å². The lowest BCUT2D eigenvalue weighted by Crippen LogP contribution is -2.42. The monoisotopic (exact) mass is 785 g/mol. The first kappa shape index (κ1) is 51.9. The smallest absolute Gasteiger partial charge is 0.222 e. The summed E-state index contributed by atoms with van der Waals surface area (Å²) in [5.74, 6) is -0.604. The van der Waals surface area contributed by atoms with Crippen LogP contribution in [0.3, 0.4) is 0 Å². The molecule has 0 aliphatic rings. The van der Waals surface area contributed by atoms with Crippen LogP contribution in [0.5, 0.6) is 0 Å². The van der Waals surface area contributed by atoms with Gasteiger partial charge in [-0.15, -0.1) is 0 Å². The fourth-order valence-electron chi connectivity index (χ4n) is 4.05. The van der Waals surface area contributed by atoms with Crippen LogP contribution in [0.25, 0.3) is 0 Å². The van der Waals surface area contributed by atoms with Gasteiger partial charge in [0.1, 0.15) is 0 Å². The van der Waals surface area contributed by atoms with Crippen molar-refractivity contribution in [2.75, 3.05) is 172 Å². The molecule has 3 amide bonds. The van der Waals surface area contributed by atoms with Crippen LogP contribution in [0.15, 0.2) is 0 Å². The van der Waals surface area contributed by atoms with Crippen molar-refractivity contribution in [2.24, 2.45) is 0 Å². The highest BCUT2D eigenvalue weighted by Gasteiger charge is 2.14. The Morgan fingerprint density at radius 1 is 0.352 bits per heavy atom. The zero-order chi connectivity index (χ0) is 39.4. The Hall–Kier alpha value is -2.07. The van der Waals surface area contributed by atoms with Crippen LogP contribution >= 0.6 is 0 Å². The van der Waals surface area contributed by atoms with Crippen LogP contribution in [-0.4, -0.2) is 195 Å². The van der Waals surface area contributed by atoms with Crippen molar-refractivity contribution in [3.63, 3.8) is 0 Å². The molecule has 18 heteroatoms. The first-order chi connectivity index (χ1) is 26.5. The minimum absolute atomic E-state index is 0.117. The van der Waals surface area contributed by atoms with Crippen molar-refractivity contribution in [3.05, 3.63) is 0 Å². The van der Waals surface area contributed by atoms with E-state index in [9.17, 15) is 14.4 Å². The molecule has 18 nitrogen and oxygen atoms in total. The van der Waals surface area contributed by atoms with Gasteiger partial charge in [-0.25, -0.2) is 0 Å². The fourth-order valence-corrected chi connectivity index (χ4v) is 4.05. The molecular weight excluding hydrogens is 714 g/mol. The maximum absolute atomic E-state index is 12.6. The van der Waals surface area contributed by atoms with E-state index >= 15 is 0 Å². The number of hydrogen-bond acceptors (Lipinski definition) is 15. The first-order valence-corrected chi connectivity index (χ1v) is 19.3. The van der Waals surface area contributed by atoms with Crippen molar-refractivity contribution in [3.8, 4) is 0 Å². The van der Waals surface area contributed by atoms with Crippen LogP contribution < -0.4 is 16.0 Å². The van der Waals surface area contributed by atoms with Gasteiger partial charge in [0.2, 0.25) is 17.7 Å². The van der Waals surface area contributed by atoms with Crippen molar-refractivity contribution in [1.29, 1.82) is 0 Å². The second-order valence-corrected chi connectivity index (χ2v) is 11.2. The van der Waals surface area contributed by atoms with Gasteiger partial charge in [0, 0.05) is 52.2 Å². The van der Waals surface area contributed by atoms with E-state index in [1.807, 2.05) is 20.8 Å². The molecule has 0 aliphatic carbocycles. The van der Waals surface area contributed by atoms with E-state index in [0.717, 1.165) is 0 Å². The summed E-state index contributed by atoms with van der Waals surface area (Å²) in [6.07, 6.45) is 0.412. The predicted molar refractivity (Wildman–Crippen MR) is 199 cm³/mol. The number of nitrogens with one attached hydrogen (secondary N) is 3. The number of ether oxygens (including phenoxy) is 12. The summed E-state index contributed by atoms with van der Waals surface area (Å²) in [6, 6.07) is -0.497. The van der Waals surface area contributed by atoms with E-state index in [2.05, 4.69) is 16.0 Å². The van der Waals surface area contributed by atoms with Gasteiger partial charge in [-0.05, 0) is 20.8 Å². The summed E-state index contributed by atoms with van der Waals surface area (Å²) < 4.78 is 65.0. The Labute approximate surface area is 322 Å². The molecule has 0 aliphatic heterocycles. The fraction of sp³-hybridized carbons (Fsp3) is 0.917. The number of carbonyl (C=O) groups excluding carboxylic acids is 3. The summed E-state index contributed by atoms with van der Waals surface area (Å²) >= 11 is 0. The second-order valence-electron chi connectivity index (χ2n) is 11.2. The molecule has 54 heavy (non-hydrogen) atoms. The van der Waals surface area contributed by atoms with Gasteiger partial charge in [0.15, 0.2) is 0 Å². The van der Waals surface area contributed by atoms with E-state index in [0.29, 0.717) is 139 Å². The highest BCUT2D eigenvalue weighted by Crippen LogP contribution is 1.96. The van der Waals surface area contributed by atoms with Crippen LogP contribution in [0.2, 0.25) is 0 Å². The molecule has 0 atom stereocenters. The Morgan fingerprint density at radius 3 is 0.981 bits per heavy atom. The van der Waals surface area contributed by atoms with Gasteiger partial charge in [-0.3, -0.25) is 14.4 Å². The minimum atomic E-state index is -0.497. The largest absolute Gasteiger partial charge is 0.379 e. The number of amides is 3. The lowest BCUT2D eigenvalue weighted by molar-refractivity contribution is -0.126. The Balaban J connectivity index is 4.28. The molecule has 0 heterocycles. The van der Waals surface area contributed by atoms with E-state index < -0.39 is 6.04 Å². The minimum Gasteiger partial charge on any atom is -0.379 e. The molecule has 320 valence electrons. The molecule has 0 bridgehead atoms. The van der Waals surface area contributed by atoms with Crippen molar-refractivity contribution in [2.45, 2.75) is 46.1 Å². The SMILES string of the molecule is CCOCCOCCOCCNC(=O)CCOCC(COCCC(=O)NCCOCCOCCOCC)NC(=O)CCOCCOCCOCCOCC. The topological polar surface area (TPSA) is 198 Å². The molecular formula is C36H71N3O15. The van der Waals surface area contributed by atoms with E-state index in [1.54, 1.807) is 0 Å². The quantitative estimate of drug-likeness (QED) is 0.0705. The number of hydrogen-bond donors (Lipinski definition) is 3. The lowest BCUT2D eigenvalue weighted by Gasteiger charge is -2.19. The molecule has 0 aromatic carbocycles. The molecule has 0 aromatic heterocycles. The van der Waals surface area contributed by atoms with Gasteiger partial charge < -0.3 is 72.8 Å². The molecule has 3 N–H and O–H groups in total. The third kappa shape index (κ3) is 41.1. The number of rotatable bonds is 44. The summed E-state index contributed by atoms with van der Waals surface area (Å²) in [5, 5.41) is 8.44. The Kier molecular flexibility index (Phi) is 42.0. The highest BCUT2D eigenvalue weighted by atomic mass is 16.6. The molecule has 0 fully saturated rings. The zero-order valence-electron chi connectivity index (χ0n) is 33.2. The molecule has 0 saturated carbocycles. The molecule has 0 aromatic rings. The average Bonchev–Trinajstić information content (AvgIpc) is 3.16. The van der Waals surface area contributed by atoms with E-state index in [1.165, 1.54) is 0 Å². The standard InChI is InChI=1S/C36H71N3O15/c1-4-43-17-20-49-27-24-47-15-10-37-34(40)7-13-53-31-33(39-36(42)9-12-46-23-26-52-30-29-51-22-19-45-6-3)32-54-14-8-35(41)38-11-16-48-25-28-50-21-18-44-5-2/h33H,4-32H2,1-3H3,(H,37,40)(H,38,41)(H,39,42). The molecule has 0 unspecified atom stereocenters. The summed E-state index contributed by atoms with van der Waals surface area (Å²) in [5.41, 5.74) is 0. The second kappa shape index (κ2) is 43.7. The van der Waals surface area contributed by atoms with Crippen LogP contribution in [0, 0.1) is 0 Å². The summed E-state index contributed by atoms with van der Waals surface area (Å²) in [6.45, 7) is 16.6. The van der Waals surface area contributed by atoms with Crippen molar-refractivity contribution < 1.29 is 71.2 Å². The maximum Gasteiger partial charge on any atom is 0.222 e. The van der Waals surface area contributed by atoms with Gasteiger partial charge in [-0.2, -0.15) is 0 Å². The highest BCUT2D eigenvalue weighted by molar-refractivity contribution is 5.76. The molecule has 0 spiro atoms. The molecule has 0 rings (SSSR count). The van der Waals surface area contributed by atoms with Crippen molar-refractivity contribution in [1.82, 2.24) is 16.0 Å². The van der Waals surface area contributed by atoms with Crippen molar-refractivity contribution >= 4 is 17.7 Å². The first-order valence-electron chi connectivity index (χ1n) is 19.3. The van der Waals surface area contributed by atoms with Gasteiger partial charge >= 0.3 is 0 Å². The van der Waals surface area contributed by atoms with E-state index in [4.69, 9.17) is 56.8 Å². The third-order valence-corrected chi connectivity index (χ3v) is 6.78. The normalized spacial score (nSPS) is 11.3. The lowest BCUT2D eigenvalue weighted by atomic mass is 10.3. The third-order valence-electron chi connectivity index (χ3n) is 6.78. The average molecular weight is 786 g/mol.